The van der Waals surface area contributed by atoms with E-state index in [2.05, 4.69) is 10.3 Å². The first kappa shape index (κ1) is 25.4. The predicted molar refractivity (Wildman–Crippen MR) is 130 cm³/mol. The molecule has 0 atom stereocenters. The number of nitrogens with one attached hydrogen (secondary N) is 1. The zero-order valence-electron chi connectivity index (χ0n) is 18.4. The van der Waals surface area contributed by atoms with Crippen molar-refractivity contribution in [3.8, 4) is 11.6 Å². The van der Waals surface area contributed by atoms with E-state index in [1.54, 1.807) is 30.3 Å². The highest BCUT2D eigenvalue weighted by Gasteiger charge is 2.29. The number of carbonyl (C=O) groups excluding carboxylic acids is 1. The summed E-state index contributed by atoms with van der Waals surface area (Å²) in [6.45, 7) is 0.206. The smallest absolute Gasteiger partial charge is 0.446 e. The molecule has 0 spiro atoms. The molecule has 1 amide bonds. The lowest BCUT2D eigenvalue weighted by atomic mass is 10.1. The number of aromatic hydroxyl groups is 1. The highest BCUT2D eigenvalue weighted by atomic mass is 35.5. The maximum absolute atomic E-state index is 13.0. The molecule has 0 saturated carbocycles. The van der Waals surface area contributed by atoms with Crippen LogP contribution in [0.2, 0.25) is 5.02 Å². The standard InChI is InChI=1S/C24H18ClF3N4O3S/c25-17-3-1-15(2-4-17)11-30-22(34)20-12-29-10-9-16(20)13-31-14-21(33)32(23(31)35)18-5-7-19(8-6-18)36-24(26,27)28/h1-10,12,14,33H,11,13H2,(H,30,34). The maximum Gasteiger partial charge on any atom is 0.446 e. The van der Waals surface area contributed by atoms with Crippen molar-refractivity contribution in [1.82, 2.24) is 19.4 Å². The van der Waals surface area contributed by atoms with Gasteiger partial charge in [0.15, 0.2) is 0 Å². The maximum atomic E-state index is 13.0. The van der Waals surface area contributed by atoms with Gasteiger partial charge in [0, 0.05) is 28.9 Å². The van der Waals surface area contributed by atoms with Crippen molar-refractivity contribution in [1.29, 1.82) is 0 Å². The van der Waals surface area contributed by atoms with Gasteiger partial charge in [0.25, 0.3) is 5.91 Å². The Kier molecular flexibility index (Phi) is 7.41. The first-order chi connectivity index (χ1) is 17.1. The van der Waals surface area contributed by atoms with E-state index >= 15 is 0 Å². The van der Waals surface area contributed by atoms with Crippen molar-refractivity contribution in [2.45, 2.75) is 23.5 Å². The molecule has 2 N–H and O–H groups in total. The Morgan fingerprint density at radius 2 is 1.78 bits per heavy atom. The number of thioether (sulfide) groups is 1. The number of benzene rings is 2. The molecule has 0 aliphatic heterocycles. The molecule has 2 aromatic carbocycles. The fourth-order valence-corrected chi connectivity index (χ4v) is 4.13. The number of hydrogen-bond acceptors (Lipinski definition) is 5. The van der Waals surface area contributed by atoms with E-state index in [1.165, 1.54) is 47.4 Å². The zero-order valence-corrected chi connectivity index (χ0v) is 19.9. The fourth-order valence-electron chi connectivity index (χ4n) is 3.46. The van der Waals surface area contributed by atoms with Gasteiger partial charge in [0.05, 0.1) is 24.0 Å². The van der Waals surface area contributed by atoms with E-state index in [1.807, 2.05) is 0 Å². The van der Waals surface area contributed by atoms with E-state index in [-0.39, 0.29) is 41.0 Å². The van der Waals surface area contributed by atoms with Crippen LogP contribution >= 0.6 is 23.4 Å². The third-order valence-electron chi connectivity index (χ3n) is 5.13. The number of carbonyl (C=O) groups is 1. The Morgan fingerprint density at radius 1 is 1.08 bits per heavy atom. The molecule has 12 heteroatoms. The second-order valence-corrected chi connectivity index (χ2v) is 9.19. The van der Waals surface area contributed by atoms with Crippen LogP contribution in [0.1, 0.15) is 21.5 Å². The number of rotatable bonds is 7. The molecule has 0 fully saturated rings. The van der Waals surface area contributed by atoms with Gasteiger partial charge in [-0.05, 0) is 65.4 Å². The number of amides is 1. The lowest BCUT2D eigenvalue weighted by molar-refractivity contribution is -0.0328. The van der Waals surface area contributed by atoms with Crippen LogP contribution in [0.15, 0.2) is 82.9 Å². The van der Waals surface area contributed by atoms with Crippen LogP contribution in [-0.4, -0.2) is 30.6 Å². The summed E-state index contributed by atoms with van der Waals surface area (Å²) in [5.41, 5.74) is -3.30. The second kappa shape index (κ2) is 10.5. The Balaban J connectivity index is 1.53. The summed E-state index contributed by atoms with van der Waals surface area (Å²) < 4.78 is 39.9. The summed E-state index contributed by atoms with van der Waals surface area (Å²) in [6.07, 6.45) is 4.05. The summed E-state index contributed by atoms with van der Waals surface area (Å²) in [5.74, 6) is -0.804. The van der Waals surface area contributed by atoms with Crippen LogP contribution in [-0.2, 0) is 13.1 Å². The molecule has 7 nitrogen and oxygen atoms in total. The number of imidazole rings is 1. The van der Waals surface area contributed by atoms with Gasteiger partial charge in [-0.15, -0.1) is 0 Å². The van der Waals surface area contributed by atoms with Crippen molar-refractivity contribution >= 4 is 29.3 Å². The Labute approximate surface area is 212 Å². The molecule has 0 unspecified atom stereocenters. The largest absolute Gasteiger partial charge is 0.493 e. The molecule has 36 heavy (non-hydrogen) atoms. The molecule has 0 aliphatic carbocycles. The van der Waals surface area contributed by atoms with Crippen LogP contribution in [0.25, 0.3) is 5.69 Å². The second-order valence-electron chi connectivity index (χ2n) is 7.62. The van der Waals surface area contributed by atoms with Crippen molar-refractivity contribution in [3.05, 3.63) is 105 Å². The first-order valence-corrected chi connectivity index (χ1v) is 11.6. The molecule has 0 aliphatic rings. The van der Waals surface area contributed by atoms with Crippen LogP contribution < -0.4 is 11.0 Å². The molecule has 4 rings (SSSR count). The van der Waals surface area contributed by atoms with Gasteiger partial charge in [-0.25, -0.2) is 9.36 Å². The summed E-state index contributed by atoms with van der Waals surface area (Å²) >= 11 is 5.60. The Morgan fingerprint density at radius 3 is 2.44 bits per heavy atom. The topological polar surface area (TPSA) is 89.2 Å². The highest BCUT2D eigenvalue weighted by molar-refractivity contribution is 8.00. The summed E-state index contributed by atoms with van der Waals surface area (Å²) in [7, 11) is 0. The number of nitrogens with zero attached hydrogens (tertiary/aromatic N) is 3. The highest BCUT2D eigenvalue weighted by Crippen LogP contribution is 2.37. The number of aromatic nitrogens is 3. The minimum Gasteiger partial charge on any atom is -0.493 e. The van der Waals surface area contributed by atoms with E-state index in [9.17, 15) is 27.9 Å². The summed E-state index contributed by atoms with van der Waals surface area (Å²) in [4.78, 5) is 29.7. The van der Waals surface area contributed by atoms with E-state index in [0.29, 0.717) is 10.6 Å². The van der Waals surface area contributed by atoms with Crippen LogP contribution in [0.3, 0.4) is 0 Å². The minimum atomic E-state index is -4.44. The van der Waals surface area contributed by atoms with Crippen molar-refractivity contribution in [2.75, 3.05) is 0 Å². The van der Waals surface area contributed by atoms with Gasteiger partial charge in [-0.2, -0.15) is 13.2 Å². The molecule has 0 bridgehead atoms. The lowest BCUT2D eigenvalue weighted by Crippen LogP contribution is -2.27. The summed E-state index contributed by atoms with van der Waals surface area (Å²) in [5, 5.41) is 13.7. The molecule has 0 radical (unpaired) electrons. The molecule has 2 heterocycles. The molecule has 186 valence electrons. The summed E-state index contributed by atoms with van der Waals surface area (Å²) in [6, 6.07) is 13.6. The number of hydrogen-bond donors (Lipinski definition) is 2. The van der Waals surface area contributed by atoms with Crippen LogP contribution in [0, 0.1) is 0 Å². The monoisotopic (exact) mass is 534 g/mol. The Hall–Kier alpha value is -3.70. The van der Waals surface area contributed by atoms with Gasteiger partial charge < -0.3 is 10.4 Å². The van der Waals surface area contributed by atoms with Crippen molar-refractivity contribution in [2.24, 2.45) is 0 Å². The van der Waals surface area contributed by atoms with Crippen LogP contribution in [0.5, 0.6) is 5.88 Å². The van der Waals surface area contributed by atoms with Gasteiger partial charge in [-0.3, -0.25) is 14.3 Å². The normalized spacial score (nSPS) is 11.4. The van der Waals surface area contributed by atoms with Gasteiger partial charge in [-0.1, -0.05) is 23.7 Å². The molecule has 2 aromatic heterocycles. The lowest BCUT2D eigenvalue weighted by Gasteiger charge is -2.10. The number of halogens is 4. The quantitative estimate of drug-likeness (QED) is 0.326. The number of alkyl halides is 3. The van der Waals surface area contributed by atoms with Crippen molar-refractivity contribution < 1.29 is 23.1 Å². The number of pyridine rings is 1. The van der Waals surface area contributed by atoms with Crippen molar-refractivity contribution in [3.63, 3.8) is 0 Å². The predicted octanol–water partition coefficient (Wildman–Crippen LogP) is 4.98. The van der Waals surface area contributed by atoms with Gasteiger partial charge in [0.2, 0.25) is 5.88 Å². The first-order valence-electron chi connectivity index (χ1n) is 10.4. The SMILES string of the molecule is O=C(NCc1ccc(Cl)cc1)c1cnccc1Cn1cc(O)n(-c2ccc(SC(F)(F)F)cc2)c1=O. The average Bonchev–Trinajstić information content (AvgIpc) is 3.11. The Bertz CT molecular complexity index is 1430. The minimum absolute atomic E-state index is 0.0480. The van der Waals surface area contributed by atoms with E-state index in [0.717, 1.165) is 10.1 Å². The third-order valence-corrected chi connectivity index (χ3v) is 6.12. The van der Waals surface area contributed by atoms with Crippen LogP contribution in [0.4, 0.5) is 13.2 Å². The van der Waals surface area contributed by atoms with Gasteiger partial charge in [0.1, 0.15) is 0 Å². The van der Waals surface area contributed by atoms with E-state index in [4.69, 9.17) is 11.6 Å². The zero-order chi connectivity index (χ0) is 25.9. The third kappa shape index (κ3) is 6.10. The average molecular weight is 535 g/mol. The van der Waals surface area contributed by atoms with Gasteiger partial charge >= 0.3 is 11.2 Å². The molecule has 0 saturated heterocycles. The van der Waals surface area contributed by atoms with E-state index < -0.39 is 23.0 Å². The molecular weight excluding hydrogens is 517 g/mol. The molecular formula is C24H18ClF3N4O3S. The fraction of sp³-hybridized carbons (Fsp3) is 0.125. The molecule has 4 aromatic rings.